The highest BCUT2D eigenvalue weighted by Gasteiger charge is 2.65. The summed E-state index contributed by atoms with van der Waals surface area (Å²) in [6.45, 7) is 5.78. The van der Waals surface area contributed by atoms with Crippen LogP contribution in [0, 0.1) is 17.3 Å². The number of methoxy groups -OCH3 is 1. The second-order valence-electron chi connectivity index (χ2n) is 5.36. The second-order valence-corrected chi connectivity index (χ2v) is 5.36. The van der Waals surface area contributed by atoms with Gasteiger partial charge in [-0.1, -0.05) is 13.8 Å². The molecule has 0 radical (unpaired) electrons. The van der Waals surface area contributed by atoms with Gasteiger partial charge in [0.1, 0.15) is 0 Å². The van der Waals surface area contributed by atoms with Gasteiger partial charge in [0, 0.05) is 20.3 Å². The van der Waals surface area contributed by atoms with Crippen LogP contribution in [0.4, 0.5) is 0 Å². The molecule has 2 atom stereocenters. The van der Waals surface area contributed by atoms with Gasteiger partial charge in [0.05, 0.1) is 25.0 Å². The molecule has 110 valence electrons. The van der Waals surface area contributed by atoms with E-state index in [2.05, 4.69) is 5.32 Å². The average Bonchev–Trinajstić information content (AvgIpc) is 2.91. The molecule has 1 fully saturated rings. The van der Waals surface area contributed by atoms with Crippen molar-refractivity contribution in [3.8, 4) is 0 Å². The van der Waals surface area contributed by atoms with Gasteiger partial charge in [0.2, 0.25) is 5.91 Å². The Morgan fingerprint density at radius 3 is 2.42 bits per heavy atom. The van der Waals surface area contributed by atoms with E-state index in [9.17, 15) is 9.59 Å². The minimum absolute atomic E-state index is 0.172. The average molecular weight is 273 g/mol. The molecule has 0 spiro atoms. The molecule has 1 rings (SSSR count). The van der Waals surface area contributed by atoms with Gasteiger partial charge in [0.15, 0.2) is 0 Å². The van der Waals surface area contributed by atoms with E-state index >= 15 is 0 Å². The van der Waals surface area contributed by atoms with Crippen LogP contribution in [0.3, 0.4) is 0 Å². The van der Waals surface area contributed by atoms with E-state index in [0.717, 1.165) is 0 Å². The van der Waals surface area contributed by atoms with Gasteiger partial charge in [-0.15, -0.1) is 0 Å². The van der Waals surface area contributed by atoms with Crippen molar-refractivity contribution in [2.24, 2.45) is 17.3 Å². The summed E-state index contributed by atoms with van der Waals surface area (Å²) >= 11 is 0. The molecular formula is C13H23NO5. The fourth-order valence-corrected chi connectivity index (χ4v) is 2.33. The van der Waals surface area contributed by atoms with E-state index in [1.807, 2.05) is 13.8 Å². The van der Waals surface area contributed by atoms with Gasteiger partial charge in [0.25, 0.3) is 0 Å². The predicted octanol–water partition coefficient (Wildman–Crippen LogP) is 0.512. The number of aliphatic carboxylic acids is 1. The first-order chi connectivity index (χ1) is 8.92. The summed E-state index contributed by atoms with van der Waals surface area (Å²) in [5.41, 5.74) is -0.440. The smallest absolute Gasteiger partial charge is 0.307 e. The zero-order valence-electron chi connectivity index (χ0n) is 11.8. The fraction of sp³-hybridized carbons (Fsp3) is 0.846. The van der Waals surface area contributed by atoms with Crippen molar-refractivity contribution in [2.45, 2.75) is 20.3 Å². The lowest BCUT2D eigenvalue weighted by Gasteiger charge is -2.06. The Hall–Kier alpha value is -1.14. The van der Waals surface area contributed by atoms with Gasteiger partial charge in [-0.25, -0.2) is 0 Å². The minimum atomic E-state index is -0.895. The van der Waals surface area contributed by atoms with Crippen molar-refractivity contribution in [3.63, 3.8) is 0 Å². The normalized spacial score (nSPS) is 23.9. The molecule has 2 unspecified atom stereocenters. The summed E-state index contributed by atoms with van der Waals surface area (Å²) in [4.78, 5) is 22.8. The summed E-state index contributed by atoms with van der Waals surface area (Å²) in [7, 11) is 1.61. The van der Waals surface area contributed by atoms with Crippen LogP contribution in [-0.4, -0.2) is 50.5 Å². The number of carboxylic acid groups (broad SMARTS) is 1. The lowest BCUT2D eigenvalue weighted by atomic mass is 10.1. The first-order valence-electron chi connectivity index (χ1n) is 6.50. The Kier molecular flexibility index (Phi) is 5.75. The van der Waals surface area contributed by atoms with Crippen LogP contribution in [0.15, 0.2) is 0 Å². The maximum absolute atomic E-state index is 11.8. The maximum atomic E-state index is 11.8. The second kappa shape index (κ2) is 6.86. The zero-order valence-corrected chi connectivity index (χ0v) is 11.8. The molecule has 1 amide bonds. The number of hydrogen-bond acceptors (Lipinski definition) is 4. The van der Waals surface area contributed by atoms with E-state index in [4.69, 9.17) is 14.6 Å². The van der Waals surface area contributed by atoms with E-state index < -0.39 is 23.2 Å². The summed E-state index contributed by atoms with van der Waals surface area (Å²) in [6, 6.07) is 0. The van der Waals surface area contributed by atoms with Gasteiger partial charge in [-0.2, -0.15) is 0 Å². The topological polar surface area (TPSA) is 84.9 Å². The SMILES string of the molecule is COCCOCCCNC(=O)C1C(C(=O)O)C1(C)C. The van der Waals surface area contributed by atoms with Crippen LogP contribution in [0.2, 0.25) is 0 Å². The Labute approximate surface area is 113 Å². The highest BCUT2D eigenvalue weighted by molar-refractivity contribution is 5.91. The predicted molar refractivity (Wildman–Crippen MR) is 68.7 cm³/mol. The molecule has 1 saturated carbocycles. The Morgan fingerprint density at radius 2 is 1.89 bits per heavy atom. The van der Waals surface area contributed by atoms with Crippen LogP contribution in [0.1, 0.15) is 20.3 Å². The largest absolute Gasteiger partial charge is 0.481 e. The van der Waals surface area contributed by atoms with Crippen molar-refractivity contribution < 1.29 is 24.2 Å². The lowest BCUT2D eigenvalue weighted by molar-refractivity contribution is -0.140. The van der Waals surface area contributed by atoms with Crippen LogP contribution in [0.25, 0.3) is 0 Å². The summed E-state index contributed by atoms with van der Waals surface area (Å²) < 4.78 is 10.1. The molecule has 0 aromatic heterocycles. The summed E-state index contributed by atoms with van der Waals surface area (Å²) in [5, 5.41) is 11.8. The molecule has 6 heteroatoms. The number of amides is 1. The highest BCUT2D eigenvalue weighted by Crippen LogP contribution is 2.58. The monoisotopic (exact) mass is 273 g/mol. The number of hydrogen-bond donors (Lipinski definition) is 2. The van der Waals surface area contributed by atoms with Crippen molar-refractivity contribution in [1.82, 2.24) is 5.32 Å². The third kappa shape index (κ3) is 4.18. The Morgan fingerprint density at radius 1 is 1.21 bits per heavy atom. The number of carbonyl (C=O) groups excluding carboxylic acids is 1. The first kappa shape index (κ1) is 15.9. The van der Waals surface area contributed by atoms with E-state index in [0.29, 0.717) is 32.8 Å². The third-order valence-electron chi connectivity index (χ3n) is 3.57. The molecule has 1 aliphatic carbocycles. The van der Waals surface area contributed by atoms with Crippen LogP contribution in [0.5, 0.6) is 0 Å². The summed E-state index contributed by atoms with van der Waals surface area (Å²) in [6.07, 6.45) is 0.709. The van der Waals surface area contributed by atoms with Crippen LogP contribution < -0.4 is 5.32 Å². The molecule has 0 heterocycles. The highest BCUT2D eigenvalue weighted by atomic mass is 16.5. The Bertz CT molecular complexity index is 329. The molecule has 0 aromatic rings. The molecule has 0 bridgehead atoms. The molecule has 19 heavy (non-hydrogen) atoms. The van der Waals surface area contributed by atoms with Crippen LogP contribution in [-0.2, 0) is 19.1 Å². The molecule has 6 nitrogen and oxygen atoms in total. The first-order valence-corrected chi connectivity index (χ1v) is 6.50. The zero-order chi connectivity index (χ0) is 14.5. The van der Waals surface area contributed by atoms with E-state index in [-0.39, 0.29) is 5.91 Å². The number of ether oxygens (including phenoxy) is 2. The number of nitrogens with one attached hydrogen (secondary N) is 1. The van der Waals surface area contributed by atoms with Crippen molar-refractivity contribution >= 4 is 11.9 Å². The van der Waals surface area contributed by atoms with E-state index in [1.54, 1.807) is 7.11 Å². The number of carboxylic acids is 1. The standard InChI is InChI=1S/C13H23NO5/c1-13(2)9(10(13)12(16)17)11(15)14-5-4-6-19-8-7-18-3/h9-10H,4-8H2,1-3H3,(H,14,15)(H,16,17). The van der Waals surface area contributed by atoms with Crippen molar-refractivity contribution in [2.75, 3.05) is 33.5 Å². The molecular weight excluding hydrogens is 250 g/mol. The van der Waals surface area contributed by atoms with Crippen molar-refractivity contribution in [3.05, 3.63) is 0 Å². The third-order valence-corrected chi connectivity index (χ3v) is 3.57. The minimum Gasteiger partial charge on any atom is -0.481 e. The fourth-order valence-electron chi connectivity index (χ4n) is 2.33. The Balaban J connectivity index is 2.14. The maximum Gasteiger partial charge on any atom is 0.307 e. The lowest BCUT2D eigenvalue weighted by Crippen LogP contribution is -2.28. The number of rotatable bonds is 9. The van der Waals surface area contributed by atoms with Crippen LogP contribution >= 0.6 is 0 Å². The molecule has 0 saturated heterocycles. The van der Waals surface area contributed by atoms with Gasteiger partial charge in [-0.3, -0.25) is 9.59 Å². The van der Waals surface area contributed by atoms with Crippen molar-refractivity contribution in [1.29, 1.82) is 0 Å². The molecule has 0 aromatic carbocycles. The van der Waals surface area contributed by atoms with Gasteiger partial charge in [-0.05, 0) is 11.8 Å². The summed E-state index contributed by atoms with van der Waals surface area (Å²) in [5.74, 6) is -2.05. The molecule has 2 N–H and O–H groups in total. The molecule has 0 aliphatic heterocycles. The van der Waals surface area contributed by atoms with Gasteiger partial charge < -0.3 is 19.9 Å². The molecule has 1 aliphatic rings. The van der Waals surface area contributed by atoms with E-state index in [1.165, 1.54) is 0 Å². The quantitative estimate of drug-likeness (QED) is 0.598. The van der Waals surface area contributed by atoms with Gasteiger partial charge >= 0.3 is 5.97 Å². The number of carbonyl (C=O) groups is 2.